The normalized spacial score (nSPS) is 15.9. The molecule has 0 saturated carbocycles. The lowest BCUT2D eigenvalue weighted by atomic mass is 9.90. The van der Waals surface area contributed by atoms with Crippen LogP contribution in [0.4, 0.5) is 13.2 Å². The third kappa shape index (κ3) is 6.12. The molecule has 1 saturated heterocycles. The van der Waals surface area contributed by atoms with E-state index in [0.717, 1.165) is 69.0 Å². The van der Waals surface area contributed by atoms with Crippen molar-refractivity contribution >= 4 is 5.97 Å². The van der Waals surface area contributed by atoms with Crippen LogP contribution < -0.4 is 9.47 Å². The van der Waals surface area contributed by atoms with E-state index >= 15 is 0 Å². The lowest BCUT2D eigenvalue weighted by molar-refractivity contribution is -0.139. The molecule has 2 aromatic carbocycles. The number of pyridine rings is 1. The number of alkyl halides is 3. The van der Waals surface area contributed by atoms with Crippen LogP contribution in [0.15, 0.2) is 54.7 Å². The van der Waals surface area contributed by atoms with E-state index < -0.39 is 17.7 Å². The summed E-state index contributed by atoms with van der Waals surface area (Å²) in [5.74, 6) is -1.47. The van der Waals surface area contributed by atoms with Gasteiger partial charge in [-0.2, -0.15) is 23.0 Å². The van der Waals surface area contributed by atoms with Gasteiger partial charge in [0.2, 0.25) is 5.88 Å². The van der Waals surface area contributed by atoms with E-state index in [0.29, 0.717) is 6.04 Å². The summed E-state index contributed by atoms with van der Waals surface area (Å²) in [5, 5.41) is 13.5. The Morgan fingerprint density at radius 1 is 1.11 bits per heavy atom. The quantitative estimate of drug-likeness (QED) is 0.252. The lowest BCUT2D eigenvalue weighted by Crippen LogP contribution is -2.42. The molecule has 1 fully saturated rings. The first-order chi connectivity index (χ1) is 21.7. The summed E-state index contributed by atoms with van der Waals surface area (Å²) >= 11 is 0. The van der Waals surface area contributed by atoms with E-state index in [4.69, 9.17) is 14.2 Å². The zero-order valence-electron chi connectivity index (χ0n) is 24.9. The molecule has 9 nitrogen and oxygen atoms in total. The Hall–Kier alpha value is -4.42. The molecule has 0 spiro atoms. The van der Waals surface area contributed by atoms with Gasteiger partial charge in [0, 0.05) is 37.9 Å². The molecule has 6 rings (SSSR count). The highest BCUT2D eigenvalue weighted by Crippen LogP contribution is 2.42. The molecule has 0 unspecified atom stereocenters. The standard InChI is InChI=1S/C33H33F3N4O5/c1-20-22(10-9-21-18-39(14-11-24(20)21)23-12-15-44-16-13-23)19-45-30-25(5-3-6-27(30)33(34,35)36)28-7-4-8-29(38-28)40-31(43-2)26(17-37-40)32(41)42/h3-10,17,23H,11-16,18-19H2,1-2H3,(H,41,42). The van der Waals surface area contributed by atoms with Crippen LogP contribution in [0.1, 0.15) is 51.0 Å². The fraction of sp³-hybridized carbons (Fsp3) is 0.364. The monoisotopic (exact) mass is 622 g/mol. The first-order valence-electron chi connectivity index (χ1n) is 14.7. The van der Waals surface area contributed by atoms with Crippen LogP contribution in [0, 0.1) is 6.92 Å². The molecule has 1 N–H and O–H groups in total. The van der Waals surface area contributed by atoms with E-state index in [1.807, 2.05) is 13.0 Å². The summed E-state index contributed by atoms with van der Waals surface area (Å²) in [6, 6.07) is 13.1. The van der Waals surface area contributed by atoms with Gasteiger partial charge in [-0.1, -0.05) is 24.3 Å². The Kier molecular flexibility index (Phi) is 8.52. The predicted octanol–water partition coefficient (Wildman–Crippen LogP) is 6.08. The van der Waals surface area contributed by atoms with Crippen LogP contribution in [-0.4, -0.2) is 63.7 Å². The minimum atomic E-state index is -4.68. The third-order valence-corrected chi connectivity index (χ3v) is 8.61. The zero-order chi connectivity index (χ0) is 31.7. The molecule has 2 aliphatic rings. The average Bonchev–Trinajstić information content (AvgIpc) is 3.49. The number of carbonyl (C=O) groups is 1. The van der Waals surface area contributed by atoms with Crippen molar-refractivity contribution in [3.05, 3.63) is 88.1 Å². The minimum absolute atomic E-state index is 0.0580. The number of ether oxygens (including phenoxy) is 3. The second-order valence-electron chi connectivity index (χ2n) is 11.2. The first kappa shape index (κ1) is 30.6. The second kappa shape index (κ2) is 12.5. The summed E-state index contributed by atoms with van der Waals surface area (Å²) < 4.78 is 60.8. The van der Waals surface area contributed by atoms with E-state index in [9.17, 15) is 23.1 Å². The molecule has 0 aliphatic carbocycles. The van der Waals surface area contributed by atoms with Crippen molar-refractivity contribution in [2.24, 2.45) is 0 Å². The van der Waals surface area contributed by atoms with Crippen LogP contribution >= 0.6 is 0 Å². The molecule has 45 heavy (non-hydrogen) atoms. The Balaban J connectivity index is 1.31. The van der Waals surface area contributed by atoms with Gasteiger partial charge in [0.15, 0.2) is 5.82 Å². The van der Waals surface area contributed by atoms with Crippen molar-refractivity contribution in [2.75, 3.05) is 26.9 Å². The van der Waals surface area contributed by atoms with Gasteiger partial charge < -0.3 is 19.3 Å². The molecule has 2 aliphatic heterocycles. The van der Waals surface area contributed by atoms with Crippen molar-refractivity contribution in [3.8, 4) is 28.7 Å². The molecule has 0 radical (unpaired) electrons. The van der Waals surface area contributed by atoms with Crippen molar-refractivity contribution < 1.29 is 37.3 Å². The van der Waals surface area contributed by atoms with Gasteiger partial charge in [-0.25, -0.2) is 9.78 Å². The van der Waals surface area contributed by atoms with E-state index in [1.54, 1.807) is 18.2 Å². The zero-order valence-corrected chi connectivity index (χ0v) is 24.9. The maximum atomic E-state index is 14.3. The Labute approximate surface area is 258 Å². The van der Waals surface area contributed by atoms with Gasteiger partial charge in [-0.15, -0.1) is 0 Å². The van der Waals surface area contributed by atoms with Crippen LogP contribution in [0.2, 0.25) is 0 Å². The maximum absolute atomic E-state index is 14.3. The van der Waals surface area contributed by atoms with Gasteiger partial charge in [0.25, 0.3) is 0 Å². The number of hydrogen-bond donors (Lipinski definition) is 1. The summed E-state index contributed by atoms with van der Waals surface area (Å²) in [7, 11) is 1.30. The fourth-order valence-electron chi connectivity index (χ4n) is 6.23. The fourth-order valence-corrected chi connectivity index (χ4v) is 6.23. The molecular formula is C33H33F3N4O5. The number of nitrogens with zero attached hydrogens (tertiary/aromatic N) is 4. The minimum Gasteiger partial charge on any atom is -0.488 e. The molecule has 0 atom stereocenters. The number of aromatic carboxylic acids is 1. The molecule has 0 amide bonds. The van der Waals surface area contributed by atoms with E-state index in [2.05, 4.69) is 21.0 Å². The highest BCUT2D eigenvalue weighted by atomic mass is 19.4. The molecule has 4 aromatic rings. The number of carboxylic acids is 1. The Bertz CT molecular complexity index is 1720. The Morgan fingerprint density at radius 2 is 1.89 bits per heavy atom. The summed E-state index contributed by atoms with van der Waals surface area (Å²) in [4.78, 5) is 18.6. The summed E-state index contributed by atoms with van der Waals surface area (Å²) in [6.07, 6.45) is -0.635. The van der Waals surface area contributed by atoms with Gasteiger partial charge in [-0.05, 0) is 72.7 Å². The number of fused-ring (bicyclic) bond motifs is 1. The smallest absolute Gasteiger partial charge is 0.419 e. The number of carboxylic acid groups (broad SMARTS) is 1. The number of hydrogen-bond acceptors (Lipinski definition) is 7. The molecular weight excluding hydrogens is 589 g/mol. The molecule has 2 aromatic heterocycles. The van der Waals surface area contributed by atoms with Crippen LogP contribution in [0.5, 0.6) is 11.6 Å². The van der Waals surface area contributed by atoms with Crippen LogP contribution in [0.25, 0.3) is 17.1 Å². The molecule has 0 bridgehead atoms. The first-order valence-corrected chi connectivity index (χ1v) is 14.7. The topological polar surface area (TPSA) is 98.9 Å². The third-order valence-electron chi connectivity index (χ3n) is 8.61. The molecule has 4 heterocycles. The summed E-state index contributed by atoms with van der Waals surface area (Å²) in [5.41, 5.74) is 3.56. The van der Waals surface area contributed by atoms with Crippen molar-refractivity contribution in [3.63, 3.8) is 0 Å². The van der Waals surface area contributed by atoms with E-state index in [-0.39, 0.29) is 40.9 Å². The molecule has 12 heteroatoms. The predicted molar refractivity (Wildman–Crippen MR) is 159 cm³/mol. The number of halogens is 3. The summed E-state index contributed by atoms with van der Waals surface area (Å²) in [6.45, 7) is 5.30. The van der Waals surface area contributed by atoms with Crippen molar-refractivity contribution in [1.29, 1.82) is 0 Å². The van der Waals surface area contributed by atoms with Crippen molar-refractivity contribution in [1.82, 2.24) is 19.7 Å². The maximum Gasteiger partial charge on any atom is 0.419 e. The van der Waals surface area contributed by atoms with Crippen LogP contribution in [-0.2, 0) is 30.5 Å². The number of rotatable bonds is 8. The number of para-hydroxylation sites is 1. The van der Waals surface area contributed by atoms with Gasteiger partial charge in [0.1, 0.15) is 17.9 Å². The van der Waals surface area contributed by atoms with Gasteiger partial charge in [0.05, 0.1) is 24.6 Å². The lowest BCUT2D eigenvalue weighted by Gasteiger charge is -2.38. The van der Waals surface area contributed by atoms with Crippen LogP contribution in [0.3, 0.4) is 0 Å². The number of aromatic nitrogens is 3. The molecule has 236 valence electrons. The largest absolute Gasteiger partial charge is 0.488 e. The number of methoxy groups -OCH3 is 1. The van der Waals surface area contributed by atoms with Crippen molar-refractivity contribution in [2.45, 2.75) is 51.6 Å². The Morgan fingerprint density at radius 3 is 2.62 bits per heavy atom. The SMILES string of the molecule is COc1c(C(=O)O)cnn1-c1cccc(-c2cccc(C(F)(F)F)c2OCc2ccc3c(c2C)CCN(C2CCOCC2)C3)n1. The van der Waals surface area contributed by atoms with E-state index in [1.165, 1.54) is 35.1 Å². The second-order valence-corrected chi connectivity index (χ2v) is 11.2. The van der Waals surface area contributed by atoms with Gasteiger partial charge in [-0.3, -0.25) is 4.90 Å². The van der Waals surface area contributed by atoms with Gasteiger partial charge >= 0.3 is 12.1 Å². The number of benzene rings is 2. The average molecular weight is 623 g/mol. The highest BCUT2D eigenvalue weighted by molar-refractivity contribution is 5.90. The highest BCUT2D eigenvalue weighted by Gasteiger charge is 2.36.